The highest BCUT2D eigenvalue weighted by molar-refractivity contribution is 6.45. The van der Waals surface area contributed by atoms with E-state index in [1.54, 1.807) is 24.3 Å². The summed E-state index contributed by atoms with van der Waals surface area (Å²) in [5.41, 5.74) is 0.565. The Labute approximate surface area is 146 Å². The monoisotopic (exact) mass is 343 g/mol. The van der Waals surface area contributed by atoms with Crippen LogP contribution in [0.15, 0.2) is 30.3 Å². The van der Waals surface area contributed by atoms with Gasteiger partial charge in [-0.05, 0) is 30.9 Å². The molecule has 5 amide bonds. The molecule has 3 rings (SSSR count). The highest BCUT2D eigenvalue weighted by Crippen LogP contribution is 2.31. The molecule has 1 saturated carbocycles. The summed E-state index contributed by atoms with van der Waals surface area (Å²) in [4.78, 5) is 51.0. The van der Waals surface area contributed by atoms with Crippen molar-refractivity contribution in [1.29, 1.82) is 0 Å². The maximum absolute atomic E-state index is 12.6. The van der Waals surface area contributed by atoms with E-state index in [4.69, 9.17) is 0 Å². The van der Waals surface area contributed by atoms with E-state index in [2.05, 4.69) is 5.32 Å². The van der Waals surface area contributed by atoms with Crippen molar-refractivity contribution in [3.63, 3.8) is 0 Å². The first-order chi connectivity index (χ1) is 12.0. The summed E-state index contributed by atoms with van der Waals surface area (Å²) in [6.07, 6.45) is 3.61. The highest BCUT2D eigenvalue weighted by atomic mass is 16.2. The predicted molar refractivity (Wildman–Crippen MR) is 90.4 cm³/mol. The van der Waals surface area contributed by atoms with Crippen LogP contribution in [0.3, 0.4) is 0 Å². The second kappa shape index (κ2) is 7.04. The van der Waals surface area contributed by atoms with E-state index in [1.807, 2.05) is 13.0 Å². The van der Waals surface area contributed by atoms with E-state index in [0.717, 1.165) is 29.1 Å². The van der Waals surface area contributed by atoms with Crippen molar-refractivity contribution in [2.45, 2.75) is 38.6 Å². The van der Waals surface area contributed by atoms with E-state index < -0.39 is 30.3 Å². The lowest BCUT2D eigenvalue weighted by Crippen LogP contribution is -2.46. The number of amides is 5. The fourth-order valence-corrected chi connectivity index (χ4v) is 3.50. The number of carbonyl (C=O) groups is 4. The molecule has 132 valence electrons. The van der Waals surface area contributed by atoms with Crippen LogP contribution in [0.4, 0.5) is 10.5 Å². The van der Waals surface area contributed by atoms with E-state index >= 15 is 0 Å². The molecule has 2 aliphatic rings. The molecule has 1 N–H and O–H groups in total. The number of rotatable bonds is 4. The largest absolute Gasteiger partial charge is 0.334 e. The van der Waals surface area contributed by atoms with Crippen LogP contribution in [0.5, 0.6) is 0 Å². The zero-order valence-electron chi connectivity index (χ0n) is 14.1. The standard InChI is InChI=1S/C18H21N3O4/c1-12-7-5-6-10-14(12)21-17(24)16(23)20(18(21)25)11-15(22)19-13-8-3-2-4-9-13/h2-4,8-9,12,14H,5-7,10-11H2,1H3,(H,19,22)/t12-,14-/m0/s1. The quantitative estimate of drug-likeness (QED) is 0.669. The topological polar surface area (TPSA) is 86.8 Å². The number of nitrogens with zero attached hydrogens (tertiary/aromatic N) is 2. The third-order valence-corrected chi connectivity index (χ3v) is 4.84. The molecule has 2 atom stereocenters. The fraction of sp³-hybridized carbons (Fsp3) is 0.444. The summed E-state index contributed by atoms with van der Waals surface area (Å²) in [7, 11) is 0. The molecule has 1 aromatic carbocycles. The summed E-state index contributed by atoms with van der Waals surface area (Å²) in [5, 5.41) is 2.61. The Balaban J connectivity index is 1.70. The number of anilines is 1. The van der Waals surface area contributed by atoms with Gasteiger partial charge in [-0.15, -0.1) is 0 Å². The Bertz CT molecular complexity index is 704. The van der Waals surface area contributed by atoms with Gasteiger partial charge in [0.05, 0.1) is 0 Å². The van der Waals surface area contributed by atoms with Crippen LogP contribution in [0.2, 0.25) is 0 Å². The van der Waals surface area contributed by atoms with E-state index in [1.165, 1.54) is 0 Å². The lowest BCUT2D eigenvalue weighted by atomic mass is 9.85. The Morgan fingerprint density at radius 2 is 1.76 bits per heavy atom. The number of urea groups is 1. The van der Waals surface area contributed by atoms with Crippen LogP contribution in [0.25, 0.3) is 0 Å². The second-order valence-electron chi connectivity index (χ2n) is 6.59. The van der Waals surface area contributed by atoms with Gasteiger partial charge in [0, 0.05) is 11.7 Å². The van der Waals surface area contributed by atoms with Crippen LogP contribution in [0, 0.1) is 5.92 Å². The van der Waals surface area contributed by atoms with Gasteiger partial charge >= 0.3 is 17.8 Å². The molecule has 2 fully saturated rings. The van der Waals surface area contributed by atoms with Crippen molar-refractivity contribution in [2.24, 2.45) is 5.92 Å². The van der Waals surface area contributed by atoms with Crippen molar-refractivity contribution in [3.05, 3.63) is 30.3 Å². The molecule has 1 aliphatic carbocycles. The predicted octanol–water partition coefficient (Wildman–Crippen LogP) is 1.99. The average Bonchev–Trinajstić information content (AvgIpc) is 2.80. The van der Waals surface area contributed by atoms with Gasteiger partial charge in [0.25, 0.3) is 0 Å². The fourth-order valence-electron chi connectivity index (χ4n) is 3.50. The zero-order valence-corrected chi connectivity index (χ0v) is 14.1. The van der Waals surface area contributed by atoms with Crippen LogP contribution < -0.4 is 5.32 Å². The van der Waals surface area contributed by atoms with Crippen LogP contribution in [-0.2, 0) is 14.4 Å². The summed E-state index contributed by atoms with van der Waals surface area (Å²) in [5.74, 6) is -2.10. The van der Waals surface area contributed by atoms with Gasteiger partial charge in [-0.25, -0.2) is 9.69 Å². The Morgan fingerprint density at radius 3 is 2.44 bits per heavy atom. The maximum atomic E-state index is 12.6. The molecule has 0 aromatic heterocycles. The molecule has 1 heterocycles. The van der Waals surface area contributed by atoms with Crippen LogP contribution in [0.1, 0.15) is 32.6 Å². The zero-order chi connectivity index (χ0) is 18.0. The average molecular weight is 343 g/mol. The van der Waals surface area contributed by atoms with E-state index in [0.29, 0.717) is 12.1 Å². The molecule has 1 aromatic rings. The van der Waals surface area contributed by atoms with Gasteiger partial charge in [-0.3, -0.25) is 19.3 Å². The first kappa shape index (κ1) is 17.1. The lowest BCUT2D eigenvalue weighted by molar-refractivity contribution is -0.145. The van der Waals surface area contributed by atoms with Crippen molar-refractivity contribution < 1.29 is 19.2 Å². The lowest BCUT2D eigenvalue weighted by Gasteiger charge is -2.34. The summed E-state index contributed by atoms with van der Waals surface area (Å²) in [6.45, 7) is 1.52. The molecular weight excluding hydrogens is 322 g/mol. The Morgan fingerprint density at radius 1 is 1.08 bits per heavy atom. The second-order valence-corrected chi connectivity index (χ2v) is 6.59. The van der Waals surface area contributed by atoms with Crippen LogP contribution >= 0.6 is 0 Å². The van der Waals surface area contributed by atoms with Gasteiger partial charge < -0.3 is 5.32 Å². The first-order valence-corrected chi connectivity index (χ1v) is 8.53. The maximum Gasteiger partial charge on any atom is 0.334 e. The molecule has 0 bridgehead atoms. The van der Waals surface area contributed by atoms with Crippen molar-refractivity contribution in [2.75, 3.05) is 11.9 Å². The molecular formula is C18H21N3O4. The minimum Gasteiger partial charge on any atom is -0.325 e. The van der Waals surface area contributed by atoms with Gasteiger partial charge in [-0.1, -0.05) is 38.0 Å². The number of hydrogen-bond donors (Lipinski definition) is 1. The normalized spacial score (nSPS) is 24.0. The smallest absolute Gasteiger partial charge is 0.325 e. The molecule has 0 radical (unpaired) electrons. The summed E-state index contributed by atoms with van der Waals surface area (Å²) >= 11 is 0. The summed E-state index contributed by atoms with van der Waals surface area (Å²) < 4.78 is 0. The Hall–Kier alpha value is -2.70. The third kappa shape index (κ3) is 3.40. The van der Waals surface area contributed by atoms with Gasteiger partial charge in [-0.2, -0.15) is 0 Å². The molecule has 1 aliphatic heterocycles. The molecule has 1 saturated heterocycles. The van der Waals surface area contributed by atoms with Crippen LogP contribution in [-0.4, -0.2) is 46.1 Å². The number of carbonyl (C=O) groups excluding carboxylic acids is 4. The van der Waals surface area contributed by atoms with Gasteiger partial charge in [0.1, 0.15) is 6.54 Å². The molecule has 25 heavy (non-hydrogen) atoms. The number of imide groups is 2. The molecule has 0 unspecified atom stereocenters. The van der Waals surface area contributed by atoms with E-state index in [9.17, 15) is 19.2 Å². The van der Waals surface area contributed by atoms with Crippen molar-refractivity contribution in [3.8, 4) is 0 Å². The summed E-state index contributed by atoms with van der Waals surface area (Å²) in [6, 6.07) is 7.79. The number of benzene rings is 1. The molecule has 7 nitrogen and oxygen atoms in total. The number of para-hydroxylation sites is 1. The molecule has 0 spiro atoms. The minimum absolute atomic E-state index is 0.160. The molecule has 7 heteroatoms. The first-order valence-electron chi connectivity index (χ1n) is 8.53. The van der Waals surface area contributed by atoms with Gasteiger partial charge in [0.15, 0.2) is 0 Å². The number of hydrogen-bond acceptors (Lipinski definition) is 4. The van der Waals surface area contributed by atoms with Gasteiger partial charge in [0.2, 0.25) is 5.91 Å². The van der Waals surface area contributed by atoms with Crippen molar-refractivity contribution in [1.82, 2.24) is 9.80 Å². The SMILES string of the molecule is C[C@H]1CCCC[C@@H]1N1C(=O)C(=O)N(CC(=O)Nc2ccccc2)C1=O. The Kier molecular flexibility index (Phi) is 4.83. The van der Waals surface area contributed by atoms with Crippen molar-refractivity contribution >= 4 is 29.4 Å². The third-order valence-electron chi connectivity index (χ3n) is 4.84. The minimum atomic E-state index is -0.925. The van der Waals surface area contributed by atoms with E-state index in [-0.39, 0.29) is 12.0 Å². The number of nitrogens with one attached hydrogen (secondary N) is 1. The highest BCUT2D eigenvalue weighted by Gasteiger charge is 2.49.